The molecule has 0 fully saturated rings. The van der Waals surface area contributed by atoms with E-state index >= 15 is 0 Å². The highest BCUT2D eigenvalue weighted by Crippen LogP contribution is 2.29. The standard InChI is InChI=1S/C19H19Cl2N5O/c1-13(14-6-8-15(9-7-14)26-12-22-11-23-26)25(2)10-18(27)24-17-5-3-4-16(20)19(17)21/h3-9,11-13H,10H2,1-2H3,(H,24,27). The van der Waals surface area contributed by atoms with Crippen molar-refractivity contribution in [2.75, 3.05) is 18.9 Å². The largest absolute Gasteiger partial charge is 0.324 e. The van der Waals surface area contributed by atoms with Crippen molar-refractivity contribution in [3.05, 3.63) is 70.7 Å². The number of carbonyl (C=O) groups excluding carboxylic acids is 1. The molecule has 0 spiro atoms. The van der Waals surface area contributed by atoms with Gasteiger partial charge in [0, 0.05) is 6.04 Å². The van der Waals surface area contributed by atoms with Gasteiger partial charge in [-0.2, -0.15) is 5.10 Å². The Hall–Kier alpha value is -2.41. The molecule has 0 saturated carbocycles. The predicted molar refractivity (Wildman–Crippen MR) is 107 cm³/mol. The number of carbonyl (C=O) groups is 1. The molecule has 3 rings (SSSR count). The van der Waals surface area contributed by atoms with Crippen LogP contribution in [0.25, 0.3) is 5.69 Å². The predicted octanol–water partition coefficient (Wildman–Crippen LogP) is 4.21. The van der Waals surface area contributed by atoms with Crippen molar-refractivity contribution in [3.8, 4) is 5.69 Å². The van der Waals surface area contributed by atoms with E-state index in [0.717, 1.165) is 11.3 Å². The molecule has 0 radical (unpaired) electrons. The minimum absolute atomic E-state index is 0.0513. The van der Waals surface area contributed by atoms with E-state index in [2.05, 4.69) is 15.4 Å². The molecule has 0 saturated heterocycles. The average molecular weight is 404 g/mol. The first-order valence-electron chi connectivity index (χ1n) is 8.35. The maximum absolute atomic E-state index is 12.4. The summed E-state index contributed by atoms with van der Waals surface area (Å²) in [6.07, 6.45) is 3.14. The van der Waals surface area contributed by atoms with Crippen LogP contribution in [0.1, 0.15) is 18.5 Å². The van der Waals surface area contributed by atoms with Gasteiger partial charge in [-0.25, -0.2) is 9.67 Å². The number of anilines is 1. The van der Waals surface area contributed by atoms with Gasteiger partial charge in [-0.15, -0.1) is 0 Å². The van der Waals surface area contributed by atoms with Crippen LogP contribution in [-0.2, 0) is 4.79 Å². The lowest BCUT2D eigenvalue weighted by Gasteiger charge is -2.24. The number of nitrogens with zero attached hydrogens (tertiary/aromatic N) is 4. The number of likely N-dealkylation sites (N-methyl/N-ethyl adjacent to an activating group) is 1. The number of halogens is 2. The van der Waals surface area contributed by atoms with Crippen LogP contribution in [-0.4, -0.2) is 39.2 Å². The summed E-state index contributed by atoms with van der Waals surface area (Å²) in [5, 5.41) is 7.66. The average Bonchev–Trinajstić information content (AvgIpc) is 3.19. The molecule has 0 aliphatic heterocycles. The van der Waals surface area contributed by atoms with Crippen molar-refractivity contribution < 1.29 is 4.79 Å². The lowest BCUT2D eigenvalue weighted by molar-refractivity contribution is -0.117. The van der Waals surface area contributed by atoms with Crippen LogP contribution in [0.3, 0.4) is 0 Å². The number of hydrogen-bond donors (Lipinski definition) is 1. The number of amides is 1. The van der Waals surface area contributed by atoms with E-state index in [-0.39, 0.29) is 18.5 Å². The molecule has 3 aromatic rings. The zero-order valence-corrected chi connectivity index (χ0v) is 16.4. The van der Waals surface area contributed by atoms with Gasteiger partial charge in [0.25, 0.3) is 0 Å². The number of aromatic nitrogens is 3. The van der Waals surface area contributed by atoms with Gasteiger partial charge in [-0.1, -0.05) is 41.4 Å². The van der Waals surface area contributed by atoms with Crippen molar-refractivity contribution in [1.82, 2.24) is 19.7 Å². The third-order valence-electron chi connectivity index (χ3n) is 4.34. The molecular formula is C19H19Cl2N5O. The molecule has 0 aliphatic rings. The van der Waals surface area contributed by atoms with Crippen LogP contribution in [0.5, 0.6) is 0 Å². The fourth-order valence-electron chi connectivity index (χ4n) is 2.66. The molecule has 0 aliphatic carbocycles. The fraction of sp³-hybridized carbons (Fsp3) is 0.211. The van der Waals surface area contributed by atoms with Crippen molar-refractivity contribution in [2.45, 2.75) is 13.0 Å². The summed E-state index contributed by atoms with van der Waals surface area (Å²) in [5.74, 6) is -0.159. The molecule has 1 heterocycles. The lowest BCUT2D eigenvalue weighted by Crippen LogP contribution is -2.32. The summed E-state index contributed by atoms with van der Waals surface area (Å²) in [4.78, 5) is 18.3. The second-order valence-electron chi connectivity index (χ2n) is 6.17. The normalized spacial score (nSPS) is 12.2. The van der Waals surface area contributed by atoms with E-state index in [1.807, 2.05) is 43.1 Å². The van der Waals surface area contributed by atoms with Crippen LogP contribution in [0, 0.1) is 0 Å². The van der Waals surface area contributed by atoms with Gasteiger partial charge in [-0.3, -0.25) is 9.69 Å². The monoisotopic (exact) mass is 403 g/mol. The van der Waals surface area contributed by atoms with Gasteiger partial charge in [-0.05, 0) is 43.8 Å². The number of rotatable bonds is 6. The molecule has 1 N–H and O–H groups in total. The molecule has 8 heteroatoms. The van der Waals surface area contributed by atoms with Gasteiger partial charge in [0.1, 0.15) is 12.7 Å². The summed E-state index contributed by atoms with van der Waals surface area (Å²) in [5.41, 5.74) is 2.53. The molecule has 6 nitrogen and oxygen atoms in total. The second-order valence-corrected chi connectivity index (χ2v) is 6.96. The van der Waals surface area contributed by atoms with Crippen molar-refractivity contribution in [2.24, 2.45) is 0 Å². The van der Waals surface area contributed by atoms with Crippen molar-refractivity contribution in [1.29, 1.82) is 0 Å². The molecule has 1 aromatic heterocycles. The minimum Gasteiger partial charge on any atom is -0.324 e. The number of benzene rings is 2. The molecule has 1 amide bonds. The van der Waals surface area contributed by atoms with Crippen LogP contribution in [0.4, 0.5) is 5.69 Å². The molecule has 27 heavy (non-hydrogen) atoms. The molecule has 1 unspecified atom stereocenters. The summed E-state index contributed by atoms with van der Waals surface area (Å²) in [6.45, 7) is 2.26. The van der Waals surface area contributed by atoms with E-state index in [1.165, 1.54) is 6.33 Å². The first kappa shape index (κ1) is 19.4. The SMILES string of the molecule is CC(c1ccc(-n2cncn2)cc1)N(C)CC(=O)Nc1cccc(Cl)c1Cl. The molecule has 2 aromatic carbocycles. The van der Waals surface area contributed by atoms with E-state index in [4.69, 9.17) is 23.2 Å². The molecule has 1 atom stereocenters. The summed E-state index contributed by atoms with van der Waals surface area (Å²) in [7, 11) is 1.90. The van der Waals surface area contributed by atoms with E-state index < -0.39 is 0 Å². The quantitative estimate of drug-likeness (QED) is 0.669. The molecule has 140 valence electrons. The Labute approximate surface area is 167 Å². The third-order valence-corrected chi connectivity index (χ3v) is 5.16. The van der Waals surface area contributed by atoms with E-state index in [9.17, 15) is 4.79 Å². The Bertz CT molecular complexity index is 912. The number of hydrogen-bond acceptors (Lipinski definition) is 4. The zero-order valence-electron chi connectivity index (χ0n) is 14.9. The Morgan fingerprint density at radius 2 is 1.96 bits per heavy atom. The van der Waals surface area contributed by atoms with Crippen LogP contribution < -0.4 is 5.32 Å². The lowest BCUT2D eigenvalue weighted by atomic mass is 10.1. The Morgan fingerprint density at radius 1 is 1.22 bits per heavy atom. The highest BCUT2D eigenvalue weighted by Gasteiger charge is 2.16. The highest BCUT2D eigenvalue weighted by molar-refractivity contribution is 6.44. The van der Waals surface area contributed by atoms with Gasteiger partial charge in [0.05, 0.1) is 28.0 Å². The Balaban J connectivity index is 1.62. The molecular weight excluding hydrogens is 385 g/mol. The number of nitrogens with one attached hydrogen (secondary N) is 1. The second kappa shape index (κ2) is 8.52. The smallest absolute Gasteiger partial charge is 0.238 e. The summed E-state index contributed by atoms with van der Waals surface area (Å²) in [6, 6.07) is 13.2. The van der Waals surface area contributed by atoms with Gasteiger partial charge in [0.15, 0.2) is 0 Å². The molecule has 0 bridgehead atoms. The van der Waals surface area contributed by atoms with Crippen LogP contribution in [0.15, 0.2) is 55.1 Å². The van der Waals surface area contributed by atoms with E-state index in [1.54, 1.807) is 29.2 Å². The van der Waals surface area contributed by atoms with Crippen molar-refractivity contribution >= 4 is 34.8 Å². The summed E-state index contributed by atoms with van der Waals surface area (Å²) >= 11 is 12.1. The summed E-state index contributed by atoms with van der Waals surface area (Å²) < 4.78 is 1.69. The maximum atomic E-state index is 12.4. The first-order valence-corrected chi connectivity index (χ1v) is 9.10. The van der Waals surface area contributed by atoms with Gasteiger partial charge in [0.2, 0.25) is 5.91 Å². The maximum Gasteiger partial charge on any atom is 0.238 e. The third kappa shape index (κ3) is 4.66. The minimum atomic E-state index is -0.159. The topological polar surface area (TPSA) is 63.1 Å². The van der Waals surface area contributed by atoms with Crippen LogP contribution in [0.2, 0.25) is 10.0 Å². The highest BCUT2D eigenvalue weighted by atomic mass is 35.5. The first-order chi connectivity index (χ1) is 13.0. The van der Waals surface area contributed by atoms with Gasteiger partial charge < -0.3 is 5.32 Å². The Morgan fingerprint density at radius 3 is 2.63 bits per heavy atom. The van der Waals surface area contributed by atoms with Crippen molar-refractivity contribution in [3.63, 3.8) is 0 Å². The Kier molecular flexibility index (Phi) is 6.11. The van der Waals surface area contributed by atoms with Crippen LogP contribution >= 0.6 is 23.2 Å². The fourth-order valence-corrected chi connectivity index (χ4v) is 3.00. The zero-order chi connectivity index (χ0) is 19.4. The van der Waals surface area contributed by atoms with E-state index in [0.29, 0.717) is 15.7 Å². The van der Waals surface area contributed by atoms with Gasteiger partial charge >= 0.3 is 0 Å².